The van der Waals surface area contributed by atoms with Crippen LogP contribution in [0.5, 0.6) is 0 Å². The van der Waals surface area contributed by atoms with Crippen molar-refractivity contribution in [1.82, 2.24) is 19.5 Å². The van der Waals surface area contributed by atoms with Gasteiger partial charge in [-0.25, -0.2) is 15.0 Å². The van der Waals surface area contributed by atoms with Crippen LogP contribution in [-0.2, 0) is 10.5 Å². The summed E-state index contributed by atoms with van der Waals surface area (Å²) in [5, 5.41) is 29.6. The number of nitrogens with two attached hydrogens (primary N) is 1. The Kier molecular flexibility index (Phi) is 4.64. The zero-order valence-corrected chi connectivity index (χ0v) is 16.8. The number of ether oxygens (including phenoxy) is 1. The molecule has 29 heavy (non-hydrogen) atoms. The Morgan fingerprint density at radius 1 is 1.28 bits per heavy atom. The SMILES string of the molecule is Nc1ncnc2c1ncn2[C@]1(C(=O)c2ccccc2)O[C@H](C(O)[Si])[C@@H](O)[C@]1(O)[Si]. The highest BCUT2D eigenvalue weighted by Crippen LogP contribution is 2.46. The highest BCUT2D eigenvalue weighted by molar-refractivity contribution is 6.21. The molecule has 3 aromatic rings. The third kappa shape index (κ3) is 2.68. The van der Waals surface area contributed by atoms with Crippen molar-refractivity contribution in [3.8, 4) is 0 Å². The van der Waals surface area contributed by atoms with E-state index in [2.05, 4.69) is 35.4 Å². The van der Waals surface area contributed by atoms with Crippen LogP contribution in [0.4, 0.5) is 5.82 Å². The van der Waals surface area contributed by atoms with Crippen LogP contribution < -0.4 is 5.73 Å². The summed E-state index contributed by atoms with van der Waals surface area (Å²) in [6.45, 7) is 0. The van der Waals surface area contributed by atoms with Gasteiger partial charge in [0.2, 0.25) is 11.5 Å². The summed E-state index contributed by atoms with van der Waals surface area (Å²) in [4.78, 5) is 25.8. The molecule has 10 nitrogen and oxygen atoms in total. The highest BCUT2D eigenvalue weighted by Gasteiger charge is 2.68. The predicted molar refractivity (Wildman–Crippen MR) is 102 cm³/mol. The molecule has 2 aromatic heterocycles. The summed E-state index contributed by atoms with van der Waals surface area (Å²) < 4.78 is 7.04. The highest BCUT2D eigenvalue weighted by atomic mass is 28.1. The summed E-state index contributed by atoms with van der Waals surface area (Å²) in [6.07, 6.45) is -0.712. The topological polar surface area (TPSA) is 157 Å². The van der Waals surface area contributed by atoms with Crippen molar-refractivity contribution in [2.75, 3.05) is 5.73 Å². The lowest BCUT2D eigenvalue weighted by Gasteiger charge is -2.39. The van der Waals surface area contributed by atoms with Gasteiger partial charge in [0.1, 0.15) is 35.6 Å². The van der Waals surface area contributed by atoms with Gasteiger partial charge in [0.05, 0.1) is 26.2 Å². The average molecular weight is 426 g/mol. The average Bonchev–Trinajstić information content (AvgIpc) is 3.22. The number of aliphatic hydroxyl groups is 3. The van der Waals surface area contributed by atoms with Crippen LogP contribution >= 0.6 is 0 Å². The summed E-state index contributed by atoms with van der Waals surface area (Å²) in [6, 6.07) is 8.06. The van der Waals surface area contributed by atoms with Gasteiger partial charge in [0.15, 0.2) is 11.5 Å². The number of aliphatic hydroxyl groups excluding tert-OH is 2. The minimum Gasteiger partial charge on any atom is -0.395 e. The Morgan fingerprint density at radius 2 is 1.97 bits per heavy atom. The fourth-order valence-corrected chi connectivity index (χ4v) is 4.18. The van der Waals surface area contributed by atoms with Gasteiger partial charge in [0.25, 0.3) is 0 Å². The third-order valence-corrected chi connectivity index (χ3v) is 5.88. The first kappa shape index (κ1) is 19.8. The standard InChI is InChI=1S/C17H15N5O5Si2/c18-13-9-14(20-6-19-13)22(7-21-9)16(11(23)8-4-2-1-3-5-8)17(26,29)12(24)10(27-16)15(25)28/h1-7,10,12,15,24-26H,(H2,18,19,20)/t10-,12+,15?,16+,17-/m0/s1. The van der Waals surface area contributed by atoms with E-state index in [1.54, 1.807) is 18.2 Å². The maximum atomic E-state index is 13.7. The maximum absolute atomic E-state index is 13.7. The molecule has 5 atom stereocenters. The molecule has 1 fully saturated rings. The van der Waals surface area contributed by atoms with E-state index in [4.69, 9.17) is 10.5 Å². The molecule has 5 N–H and O–H groups in total. The second-order valence-electron chi connectivity index (χ2n) is 6.62. The Hall–Kier alpha value is -2.49. The van der Waals surface area contributed by atoms with Gasteiger partial charge in [-0.1, -0.05) is 30.3 Å². The fourth-order valence-electron chi connectivity index (χ4n) is 3.47. The van der Waals surface area contributed by atoms with E-state index >= 15 is 0 Å². The van der Waals surface area contributed by atoms with Crippen molar-refractivity contribution < 1.29 is 24.9 Å². The lowest BCUT2D eigenvalue weighted by molar-refractivity contribution is -0.130. The minimum absolute atomic E-state index is 0.0591. The Balaban J connectivity index is 2.03. The van der Waals surface area contributed by atoms with Crippen LogP contribution in [0, 0.1) is 0 Å². The fraction of sp³-hybridized carbons (Fsp3) is 0.294. The van der Waals surface area contributed by atoms with Gasteiger partial charge in [-0.2, -0.15) is 0 Å². The Labute approximate surface area is 171 Å². The molecule has 0 amide bonds. The number of imidazole rings is 1. The van der Waals surface area contributed by atoms with E-state index < -0.39 is 34.7 Å². The number of ketones is 1. The molecule has 1 aliphatic rings. The van der Waals surface area contributed by atoms with E-state index in [1.165, 1.54) is 29.4 Å². The number of nitrogen functional groups attached to an aromatic ring is 1. The van der Waals surface area contributed by atoms with Crippen LogP contribution in [0.2, 0.25) is 0 Å². The molecule has 146 valence electrons. The first-order valence-electron chi connectivity index (χ1n) is 8.48. The van der Waals surface area contributed by atoms with Gasteiger partial charge < -0.3 is 25.8 Å². The molecule has 4 rings (SSSR count). The number of fused-ring (bicyclic) bond motifs is 1. The molecule has 6 radical (unpaired) electrons. The normalized spacial score (nSPS) is 30.5. The second-order valence-corrected chi connectivity index (χ2v) is 7.98. The molecule has 12 heteroatoms. The monoisotopic (exact) mass is 425 g/mol. The van der Waals surface area contributed by atoms with Crippen molar-refractivity contribution in [1.29, 1.82) is 0 Å². The van der Waals surface area contributed by atoms with E-state index in [0.717, 1.165) is 0 Å². The molecule has 0 saturated carbocycles. The molecule has 1 unspecified atom stereocenters. The van der Waals surface area contributed by atoms with Crippen LogP contribution in [0.15, 0.2) is 43.0 Å². The van der Waals surface area contributed by atoms with Crippen molar-refractivity contribution in [2.45, 2.75) is 28.9 Å². The number of anilines is 1. The molecule has 1 aliphatic heterocycles. The first-order valence-corrected chi connectivity index (χ1v) is 9.56. The van der Waals surface area contributed by atoms with E-state index in [1.807, 2.05) is 0 Å². The zero-order chi connectivity index (χ0) is 21.0. The van der Waals surface area contributed by atoms with Gasteiger partial charge >= 0.3 is 0 Å². The number of carbonyl (C=O) groups is 1. The summed E-state index contributed by atoms with van der Waals surface area (Å²) in [5.41, 5.74) is 2.62. The van der Waals surface area contributed by atoms with E-state index in [-0.39, 0.29) is 22.5 Å². The van der Waals surface area contributed by atoms with Gasteiger partial charge in [-0.05, 0) is 0 Å². The number of Topliss-reactive ketones (excluding diaryl/α,β-unsaturated/α-hetero) is 1. The van der Waals surface area contributed by atoms with Crippen LogP contribution in [0.25, 0.3) is 11.2 Å². The van der Waals surface area contributed by atoms with Crippen molar-refractivity contribution in [3.05, 3.63) is 48.5 Å². The number of nitrogens with zero attached hydrogens (tertiary/aromatic N) is 4. The molecular formula is C17H15N5O5Si2. The lowest BCUT2D eigenvalue weighted by Crippen LogP contribution is -2.62. The number of hydrogen-bond donors (Lipinski definition) is 4. The first-order chi connectivity index (χ1) is 13.7. The van der Waals surface area contributed by atoms with E-state index in [9.17, 15) is 20.1 Å². The Morgan fingerprint density at radius 3 is 2.59 bits per heavy atom. The Bertz CT molecular complexity index is 1080. The number of aromatic nitrogens is 4. The molecule has 0 spiro atoms. The predicted octanol–water partition coefficient (Wildman–Crippen LogP) is -1.95. The zero-order valence-electron chi connectivity index (χ0n) is 14.8. The molecule has 1 saturated heterocycles. The van der Waals surface area contributed by atoms with Crippen molar-refractivity contribution in [2.24, 2.45) is 0 Å². The molecular weight excluding hydrogens is 410 g/mol. The van der Waals surface area contributed by atoms with E-state index in [0.29, 0.717) is 0 Å². The van der Waals surface area contributed by atoms with Crippen LogP contribution in [-0.4, -0.2) is 84.3 Å². The van der Waals surface area contributed by atoms with Crippen LogP contribution in [0.1, 0.15) is 10.4 Å². The van der Waals surface area contributed by atoms with Gasteiger partial charge in [0, 0.05) is 5.56 Å². The number of rotatable bonds is 4. The van der Waals surface area contributed by atoms with Crippen LogP contribution in [0.3, 0.4) is 0 Å². The molecule has 1 aromatic carbocycles. The summed E-state index contributed by atoms with van der Waals surface area (Å²) in [5.74, 6) is -0.648. The number of hydrogen-bond acceptors (Lipinski definition) is 9. The smallest absolute Gasteiger partial charge is 0.240 e. The largest absolute Gasteiger partial charge is 0.395 e. The summed E-state index contributed by atoms with van der Waals surface area (Å²) >= 11 is 0. The lowest BCUT2D eigenvalue weighted by atomic mass is 9.92. The molecule has 0 bridgehead atoms. The minimum atomic E-state index is -2.37. The number of carbonyl (C=O) groups excluding carboxylic acids is 1. The second kappa shape index (κ2) is 6.79. The quantitative estimate of drug-likeness (QED) is 0.275. The number of benzene rings is 1. The van der Waals surface area contributed by atoms with Crippen molar-refractivity contribution in [3.63, 3.8) is 0 Å². The van der Waals surface area contributed by atoms with Gasteiger partial charge in [-0.3, -0.25) is 9.36 Å². The molecule has 3 heterocycles. The summed E-state index contributed by atoms with van der Waals surface area (Å²) in [7, 11) is 6.12. The maximum Gasteiger partial charge on any atom is 0.240 e. The third-order valence-electron chi connectivity index (χ3n) is 4.92. The van der Waals surface area contributed by atoms with Crippen molar-refractivity contribution >= 4 is 43.2 Å². The van der Waals surface area contributed by atoms with Gasteiger partial charge in [-0.15, -0.1) is 0 Å². The molecule has 0 aliphatic carbocycles.